The smallest absolute Gasteiger partial charge is 0.314 e. The quantitative estimate of drug-likeness (QED) is 0.544. The van der Waals surface area contributed by atoms with Crippen LogP contribution >= 0.6 is 11.6 Å². The number of phenolic OH excluding ortho intramolecular Hbond substituents is 2. The van der Waals surface area contributed by atoms with E-state index in [1.165, 1.54) is 0 Å². The number of aromatic nitrogens is 1. The standard InChI is InChI=1S/C17H11ClN2O4/c18-14-9-15(20(23)24)17(22)16-13(14)8-5-11(19-16)4-1-10-2-6-12(21)7-3-10/h1-9,21-22H/b4-1+. The van der Waals surface area contributed by atoms with Crippen molar-refractivity contribution in [2.45, 2.75) is 0 Å². The lowest BCUT2D eigenvalue weighted by Gasteiger charge is -2.05. The lowest BCUT2D eigenvalue weighted by molar-refractivity contribution is -0.385. The van der Waals surface area contributed by atoms with E-state index in [-0.39, 0.29) is 16.3 Å². The van der Waals surface area contributed by atoms with Gasteiger partial charge in [-0.15, -0.1) is 0 Å². The fraction of sp³-hybridized carbons (Fsp3) is 0. The third-order valence-corrected chi connectivity index (χ3v) is 3.75. The average molecular weight is 343 g/mol. The molecule has 0 saturated heterocycles. The maximum atomic E-state index is 11.0. The fourth-order valence-corrected chi connectivity index (χ4v) is 2.49. The maximum Gasteiger partial charge on any atom is 0.314 e. The topological polar surface area (TPSA) is 96.5 Å². The van der Waals surface area contributed by atoms with Crippen molar-refractivity contribution < 1.29 is 15.1 Å². The number of benzene rings is 2. The Kier molecular flexibility index (Phi) is 4.05. The van der Waals surface area contributed by atoms with Crippen molar-refractivity contribution in [1.29, 1.82) is 0 Å². The lowest BCUT2D eigenvalue weighted by atomic mass is 10.1. The molecule has 24 heavy (non-hydrogen) atoms. The van der Waals surface area contributed by atoms with Crippen LogP contribution in [0.1, 0.15) is 11.3 Å². The number of rotatable bonds is 3. The van der Waals surface area contributed by atoms with Crippen LogP contribution in [0.5, 0.6) is 11.5 Å². The molecule has 0 bridgehead atoms. The summed E-state index contributed by atoms with van der Waals surface area (Å²) in [5, 5.41) is 30.9. The summed E-state index contributed by atoms with van der Waals surface area (Å²) in [6.45, 7) is 0. The number of hydrogen-bond acceptors (Lipinski definition) is 5. The zero-order valence-electron chi connectivity index (χ0n) is 12.2. The van der Waals surface area contributed by atoms with Crippen molar-refractivity contribution in [3.8, 4) is 11.5 Å². The van der Waals surface area contributed by atoms with Crippen molar-refractivity contribution in [2.24, 2.45) is 0 Å². The van der Waals surface area contributed by atoms with Gasteiger partial charge in [0.15, 0.2) is 0 Å². The van der Waals surface area contributed by atoms with Crippen LogP contribution < -0.4 is 0 Å². The first-order chi connectivity index (χ1) is 11.5. The fourth-order valence-electron chi connectivity index (χ4n) is 2.23. The second-order valence-corrected chi connectivity index (χ2v) is 5.45. The van der Waals surface area contributed by atoms with Gasteiger partial charge < -0.3 is 10.2 Å². The van der Waals surface area contributed by atoms with E-state index in [4.69, 9.17) is 11.6 Å². The number of halogens is 1. The molecular formula is C17H11ClN2O4. The molecule has 0 aliphatic carbocycles. The summed E-state index contributed by atoms with van der Waals surface area (Å²) in [6, 6.07) is 11.0. The van der Waals surface area contributed by atoms with E-state index >= 15 is 0 Å². The molecule has 0 amide bonds. The Morgan fingerprint density at radius 3 is 2.46 bits per heavy atom. The van der Waals surface area contributed by atoms with Crippen molar-refractivity contribution in [2.75, 3.05) is 0 Å². The number of nitro groups is 1. The largest absolute Gasteiger partial charge is 0.508 e. The number of nitrogens with zero attached hydrogens (tertiary/aromatic N) is 2. The third kappa shape index (κ3) is 3.00. The van der Waals surface area contributed by atoms with Crippen LogP contribution in [0.15, 0.2) is 42.5 Å². The Bertz CT molecular complexity index is 968. The molecule has 1 heterocycles. The number of phenols is 2. The monoisotopic (exact) mass is 342 g/mol. The average Bonchev–Trinajstić information content (AvgIpc) is 2.57. The van der Waals surface area contributed by atoms with E-state index in [0.29, 0.717) is 11.1 Å². The van der Waals surface area contributed by atoms with E-state index in [1.807, 2.05) is 0 Å². The van der Waals surface area contributed by atoms with Gasteiger partial charge in [-0.1, -0.05) is 29.8 Å². The summed E-state index contributed by atoms with van der Waals surface area (Å²) < 4.78 is 0. The van der Waals surface area contributed by atoms with Crippen molar-refractivity contribution >= 4 is 40.3 Å². The molecule has 7 heteroatoms. The summed E-state index contributed by atoms with van der Waals surface area (Å²) >= 11 is 6.02. The SMILES string of the molecule is O=[N+]([O-])c1cc(Cl)c2ccc(/C=C/c3ccc(O)cc3)nc2c1O. The van der Waals surface area contributed by atoms with Crippen LogP contribution in [0.2, 0.25) is 5.02 Å². The Hall–Kier alpha value is -3.12. The van der Waals surface area contributed by atoms with Gasteiger partial charge in [0.2, 0.25) is 5.75 Å². The molecule has 0 fully saturated rings. The van der Waals surface area contributed by atoms with Crippen molar-refractivity contribution in [3.63, 3.8) is 0 Å². The Morgan fingerprint density at radius 2 is 1.79 bits per heavy atom. The molecule has 0 aliphatic rings. The highest BCUT2D eigenvalue weighted by atomic mass is 35.5. The van der Waals surface area contributed by atoms with E-state index < -0.39 is 16.4 Å². The Morgan fingerprint density at radius 1 is 1.08 bits per heavy atom. The molecule has 0 aliphatic heterocycles. The molecule has 0 spiro atoms. The van der Waals surface area contributed by atoms with Crippen molar-refractivity contribution in [3.05, 3.63) is 68.9 Å². The van der Waals surface area contributed by atoms with Gasteiger partial charge in [0, 0.05) is 11.5 Å². The second kappa shape index (κ2) is 6.17. The van der Waals surface area contributed by atoms with Gasteiger partial charge in [0.05, 0.1) is 15.6 Å². The predicted molar refractivity (Wildman–Crippen MR) is 92.1 cm³/mol. The van der Waals surface area contributed by atoms with Gasteiger partial charge in [0.1, 0.15) is 11.3 Å². The first-order valence-electron chi connectivity index (χ1n) is 6.89. The second-order valence-electron chi connectivity index (χ2n) is 5.04. The van der Waals surface area contributed by atoms with Gasteiger partial charge in [0.25, 0.3) is 0 Å². The molecule has 0 unspecified atom stereocenters. The van der Waals surface area contributed by atoms with E-state index in [1.54, 1.807) is 48.6 Å². The third-order valence-electron chi connectivity index (χ3n) is 3.44. The molecule has 2 N–H and O–H groups in total. The first-order valence-corrected chi connectivity index (χ1v) is 7.27. The van der Waals surface area contributed by atoms with Gasteiger partial charge in [-0.3, -0.25) is 10.1 Å². The molecule has 2 aromatic carbocycles. The van der Waals surface area contributed by atoms with Crippen LogP contribution in [-0.4, -0.2) is 20.1 Å². The van der Waals surface area contributed by atoms with Crippen LogP contribution in [0.25, 0.3) is 23.1 Å². The highest BCUT2D eigenvalue weighted by Gasteiger charge is 2.20. The molecule has 6 nitrogen and oxygen atoms in total. The summed E-state index contributed by atoms with van der Waals surface area (Å²) in [7, 11) is 0. The van der Waals surface area contributed by atoms with E-state index in [0.717, 1.165) is 11.6 Å². The summed E-state index contributed by atoms with van der Waals surface area (Å²) in [5.41, 5.74) is 0.931. The van der Waals surface area contributed by atoms with Crippen LogP contribution in [0.4, 0.5) is 5.69 Å². The summed E-state index contributed by atoms with van der Waals surface area (Å²) in [4.78, 5) is 14.5. The van der Waals surface area contributed by atoms with Crippen LogP contribution in [0, 0.1) is 10.1 Å². The molecule has 120 valence electrons. The zero-order valence-corrected chi connectivity index (χ0v) is 12.9. The van der Waals surface area contributed by atoms with Gasteiger partial charge >= 0.3 is 5.69 Å². The van der Waals surface area contributed by atoms with E-state index in [9.17, 15) is 20.3 Å². The van der Waals surface area contributed by atoms with E-state index in [2.05, 4.69) is 4.98 Å². The molecule has 0 saturated carbocycles. The molecule has 0 atom stereocenters. The summed E-state index contributed by atoms with van der Waals surface area (Å²) in [6.07, 6.45) is 3.46. The molecule has 3 aromatic rings. The highest BCUT2D eigenvalue weighted by molar-refractivity contribution is 6.36. The van der Waals surface area contributed by atoms with Crippen LogP contribution in [-0.2, 0) is 0 Å². The van der Waals surface area contributed by atoms with Gasteiger partial charge in [-0.2, -0.15) is 0 Å². The molecular weight excluding hydrogens is 332 g/mol. The van der Waals surface area contributed by atoms with Crippen LogP contribution in [0.3, 0.4) is 0 Å². The normalized spacial score (nSPS) is 11.2. The zero-order chi connectivity index (χ0) is 17.3. The minimum atomic E-state index is -0.707. The first kappa shape index (κ1) is 15.8. The minimum absolute atomic E-state index is 0.0713. The number of fused-ring (bicyclic) bond motifs is 1. The van der Waals surface area contributed by atoms with Gasteiger partial charge in [-0.25, -0.2) is 4.98 Å². The lowest BCUT2D eigenvalue weighted by Crippen LogP contribution is -1.92. The molecule has 3 rings (SSSR count). The van der Waals surface area contributed by atoms with Gasteiger partial charge in [-0.05, 0) is 35.9 Å². The molecule has 1 aromatic heterocycles. The number of nitro benzene ring substituents is 1. The summed E-state index contributed by atoms with van der Waals surface area (Å²) in [5.74, 6) is -0.345. The number of aromatic hydroxyl groups is 2. The number of pyridine rings is 1. The molecule has 0 radical (unpaired) electrons. The number of hydrogen-bond donors (Lipinski definition) is 2. The maximum absolute atomic E-state index is 11.0. The predicted octanol–water partition coefficient (Wildman–Crippen LogP) is 4.38. The Balaban J connectivity index is 2.05. The Labute approximate surface area is 141 Å². The van der Waals surface area contributed by atoms with Crippen molar-refractivity contribution in [1.82, 2.24) is 4.98 Å². The minimum Gasteiger partial charge on any atom is -0.508 e. The highest BCUT2D eigenvalue weighted by Crippen LogP contribution is 2.37.